The highest BCUT2D eigenvalue weighted by Crippen LogP contribution is 2.41. The second-order valence-corrected chi connectivity index (χ2v) is 6.35. The monoisotopic (exact) mass is 260 g/mol. The fourth-order valence-electron chi connectivity index (χ4n) is 1.56. The highest BCUT2D eigenvalue weighted by molar-refractivity contribution is 7.66. The van der Waals surface area contributed by atoms with Crippen LogP contribution in [-0.2, 0) is 4.57 Å². The Bertz CT molecular complexity index is 576. The van der Waals surface area contributed by atoms with E-state index in [1.807, 2.05) is 18.2 Å². The van der Waals surface area contributed by atoms with Crippen LogP contribution in [0.3, 0.4) is 0 Å². The molecule has 0 aliphatic heterocycles. The Labute approximate surface area is 106 Å². The molecule has 0 saturated heterocycles. The fourth-order valence-corrected chi connectivity index (χ4v) is 2.90. The van der Waals surface area contributed by atoms with Gasteiger partial charge in [-0.1, -0.05) is 18.2 Å². The summed E-state index contributed by atoms with van der Waals surface area (Å²) in [7, 11) is -2.88. The van der Waals surface area contributed by atoms with E-state index in [-0.39, 0.29) is 0 Å². The van der Waals surface area contributed by atoms with Gasteiger partial charge in [0.05, 0.1) is 0 Å². The molecule has 0 aliphatic carbocycles. The zero-order chi connectivity index (χ0) is 13.0. The Morgan fingerprint density at radius 2 is 1.61 bits per heavy atom. The summed E-state index contributed by atoms with van der Waals surface area (Å²) in [6.07, 6.45) is 0.756. The van der Waals surface area contributed by atoms with E-state index in [0.29, 0.717) is 16.6 Å². The lowest BCUT2D eigenvalue weighted by Crippen LogP contribution is -2.07. The molecule has 92 valence electrons. The van der Waals surface area contributed by atoms with Crippen LogP contribution in [0, 0.1) is 0 Å². The molecule has 0 fully saturated rings. The first-order valence-corrected chi connectivity index (χ1v) is 7.57. The van der Waals surface area contributed by atoms with Crippen molar-refractivity contribution < 1.29 is 13.9 Å². The summed E-state index contributed by atoms with van der Waals surface area (Å²) in [6.45, 7) is 1.58. The van der Waals surface area contributed by atoms with E-state index in [0.717, 1.165) is 6.29 Å². The summed E-state index contributed by atoms with van der Waals surface area (Å²) in [5, 5.41) is 0.671. The van der Waals surface area contributed by atoms with E-state index in [1.54, 1.807) is 43.1 Å². The van der Waals surface area contributed by atoms with Crippen LogP contribution >= 0.6 is 7.37 Å². The highest BCUT2D eigenvalue weighted by atomic mass is 31.2. The van der Waals surface area contributed by atoms with Gasteiger partial charge in [-0.25, -0.2) is 0 Å². The number of benzene rings is 2. The van der Waals surface area contributed by atoms with Crippen molar-refractivity contribution in [2.75, 3.05) is 6.66 Å². The van der Waals surface area contributed by atoms with Crippen LogP contribution in [0.25, 0.3) is 0 Å². The van der Waals surface area contributed by atoms with Crippen LogP contribution in [0.2, 0.25) is 0 Å². The molecule has 0 aliphatic rings. The Kier molecular flexibility index (Phi) is 3.63. The van der Waals surface area contributed by atoms with E-state index < -0.39 is 7.37 Å². The topological polar surface area (TPSA) is 43.4 Å². The fraction of sp³-hybridized carbons (Fsp3) is 0.0714. The molecule has 2 aromatic carbocycles. The second kappa shape index (κ2) is 5.19. The van der Waals surface area contributed by atoms with Crippen molar-refractivity contribution in [2.45, 2.75) is 0 Å². The van der Waals surface area contributed by atoms with Crippen molar-refractivity contribution in [3.05, 3.63) is 60.2 Å². The Balaban J connectivity index is 2.22. The normalized spacial score (nSPS) is 13.6. The van der Waals surface area contributed by atoms with E-state index in [2.05, 4.69) is 0 Å². The first-order chi connectivity index (χ1) is 8.62. The van der Waals surface area contributed by atoms with Gasteiger partial charge in [0.1, 0.15) is 12.0 Å². The van der Waals surface area contributed by atoms with Crippen LogP contribution in [-0.4, -0.2) is 13.0 Å². The molecule has 0 aromatic heterocycles. The minimum atomic E-state index is -2.88. The third kappa shape index (κ3) is 2.88. The van der Waals surface area contributed by atoms with E-state index in [4.69, 9.17) is 4.52 Å². The van der Waals surface area contributed by atoms with E-state index in [1.165, 1.54) is 0 Å². The first kappa shape index (κ1) is 12.6. The molecule has 3 nitrogen and oxygen atoms in total. The number of aldehydes is 1. The van der Waals surface area contributed by atoms with Gasteiger partial charge in [0.15, 0.2) is 0 Å². The van der Waals surface area contributed by atoms with Gasteiger partial charge in [0, 0.05) is 17.5 Å². The summed E-state index contributed by atoms with van der Waals surface area (Å²) in [4.78, 5) is 10.5. The standard InChI is InChI=1S/C14H13O3P/c1-18(16,14-5-3-2-4-6-14)17-13-9-7-12(11-15)8-10-13/h2-11H,1H3/t18-/m1/s1. The second-order valence-electron chi connectivity index (χ2n) is 3.96. The molecule has 0 bridgehead atoms. The molecule has 0 amide bonds. The van der Waals surface area contributed by atoms with Crippen LogP contribution in [0.1, 0.15) is 10.4 Å². The zero-order valence-corrected chi connectivity index (χ0v) is 10.8. The lowest BCUT2D eigenvalue weighted by molar-refractivity contribution is 0.112. The number of hydrogen-bond donors (Lipinski definition) is 0. The molecule has 18 heavy (non-hydrogen) atoms. The number of rotatable bonds is 4. The molecule has 0 saturated carbocycles. The van der Waals surface area contributed by atoms with Crippen molar-refractivity contribution >= 4 is 19.0 Å². The lowest BCUT2D eigenvalue weighted by Gasteiger charge is -2.15. The van der Waals surface area contributed by atoms with Crippen LogP contribution < -0.4 is 9.83 Å². The van der Waals surface area contributed by atoms with Crippen molar-refractivity contribution in [2.24, 2.45) is 0 Å². The Morgan fingerprint density at radius 1 is 1.00 bits per heavy atom. The summed E-state index contributed by atoms with van der Waals surface area (Å²) < 4.78 is 18.0. The van der Waals surface area contributed by atoms with Gasteiger partial charge in [-0.15, -0.1) is 0 Å². The van der Waals surface area contributed by atoms with Gasteiger partial charge in [-0.05, 0) is 36.4 Å². The Morgan fingerprint density at radius 3 is 2.17 bits per heavy atom. The first-order valence-electron chi connectivity index (χ1n) is 5.50. The number of carbonyl (C=O) groups is 1. The predicted octanol–water partition coefficient (Wildman–Crippen LogP) is 3.11. The minimum absolute atomic E-state index is 0.496. The van der Waals surface area contributed by atoms with E-state index >= 15 is 0 Å². The molecule has 4 heteroatoms. The summed E-state index contributed by atoms with van der Waals surface area (Å²) >= 11 is 0. The summed E-state index contributed by atoms with van der Waals surface area (Å²) in [6, 6.07) is 15.6. The van der Waals surface area contributed by atoms with Gasteiger partial charge in [0.2, 0.25) is 0 Å². The van der Waals surface area contributed by atoms with Gasteiger partial charge >= 0.3 is 0 Å². The quantitative estimate of drug-likeness (QED) is 0.626. The maximum Gasteiger partial charge on any atom is 0.274 e. The SMILES string of the molecule is C[P@@](=O)(Oc1ccc(C=O)cc1)c1ccccc1. The molecular weight excluding hydrogens is 247 g/mol. The molecular formula is C14H13O3P. The van der Waals surface area contributed by atoms with Crippen molar-refractivity contribution in [1.29, 1.82) is 0 Å². The van der Waals surface area contributed by atoms with Crippen LogP contribution in [0.4, 0.5) is 0 Å². The zero-order valence-electron chi connectivity index (χ0n) is 9.95. The number of hydrogen-bond acceptors (Lipinski definition) is 3. The van der Waals surface area contributed by atoms with Crippen LogP contribution in [0.5, 0.6) is 5.75 Å². The molecule has 0 N–H and O–H groups in total. The molecule has 2 aromatic rings. The molecule has 0 heterocycles. The highest BCUT2D eigenvalue weighted by Gasteiger charge is 2.19. The smallest absolute Gasteiger partial charge is 0.274 e. The summed E-state index contributed by atoms with van der Waals surface area (Å²) in [5.41, 5.74) is 0.563. The summed E-state index contributed by atoms with van der Waals surface area (Å²) in [5.74, 6) is 0.496. The van der Waals surface area contributed by atoms with E-state index in [9.17, 15) is 9.36 Å². The molecule has 1 atom stereocenters. The average molecular weight is 260 g/mol. The minimum Gasteiger partial charge on any atom is -0.440 e. The predicted molar refractivity (Wildman–Crippen MR) is 72.1 cm³/mol. The molecule has 0 radical (unpaired) electrons. The molecule has 0 unspecified atom stereocenters. The van der Waals surface area contributed by atoms with Gasteiger partial charge in [0.25, 0.3) is 7.37 Å². The number of carbonyl (C=O) groups excluding carboxylic acids is 1. The van der Waals surface area contributed by atoms with Crippen molar-refractivity contribution in [1.82, 2.24) is 0 Å². The molecule has 2 rings (SSSR count). The molecule has 0 spiro atoms. The van der Waals surface area contributed by atoms with Gasteiger partial charge in [-0.3, -0.25) is 9.36 Å². The lowest BCUT2D eigenvalue weighted by atomic mass is 10.2. The largest absolute Gasteiger partial charge is 0.440 e. The van der Waals surface area contributed by atoms with Gasteiger partial charge < -0.3 is 4.52 Å². The van der Waals surface area contributed by atoms with Crippen molar-refractivity contribution in [3.63, 3.8) is 0 Å². The third-order valence-electron chi connectivity index (χ3n) is 2.52. The van der Waals surface area contributed by atoms with Crippen LogP contribution in [0.15, 0.2) is 54.6 Å². The maximum atomic E-state index is 12.4. The average Bonchev–Trinajstić information content (AvgIpc) is 2.40. The third-order valence-corrected chi connectivity index (χ3v) is 4.32. The van der Waals surface area contributed by atoms with Crippen molar-refractivity contribution in [3.8, 4) is 5.75 Å². The van der Waals surface area contributed by atoms with Gasteiger partial charge in [-0.2, -0.15) is 0 Å². The Hall–Kier alpha value is -1.86. The maximum absolute atomic E-state index is 12.4.